The van der Waals surface area contributed by atoms with Crippen molar-refractivity contribution < 1.29 is 4.39 Å². The molecule has 0 saturated heterocycles. The van der Waals surface area contributed by atoms with E-state index in [0.717, 1.165) is 5.56 Å². The van der Waals surface area contributed by atoms with Crippen molar-refractivity contribution in [2.75, 3.05) is 11.5 Å². The van der Waals surface area contributed by atoms with Crippen molar-refractivity contribution in [1.82, 2.24) is 0 Å². The van der Waals surface area contributed by atoms with Crippen LogP contribution in [0.4, 0.5) is 10.1 Å². The summed E-state index contributed by atoms with van der Waals surface area (Å²) in [5.74, 6) is 5.40. The van der Waals surface area contributed by atoms with Gasteiger partial charge < -0.3 is 5.73 Å². The highest BCUT2D eigenvalue weighted by Crippen LogP contribution is 2.16. The number of nitrogens with two attached hydrogens (primary N) is 1. The lowest BCUT2D eigenvalue weighted by molar-refractivity contribution is 0.623. The minimum Gasteiger partial charge on any atom is -0.398 e. The molecule has 0 aliphatic heterocycles. The number of hydrogen-bond donors (Lipinski definition) is 2. The normalized spacial score (nSPS) is 9.15. The molecular formula is C10H10FNS. The Morgan fingerprint density at radius 2 is 2.23 bits per heavy atom. The third-order valence-corrected chi connectivity index (χ3v) is 1.82. The molecule has 0 aromatic heterocycles. The fourth-order valence-electron chi connectivity index (χ4n) is 0.920. The van der Waals surface area contributed by atoms with E-state index >= 15 is 0 Å². The number of benzene rings is 1. The Balaban J connectivity index is 3.16. The molecule has 68 valence electrons. The molecule has 1 aromatic carbocycles. The van der Waals surface area contributed by atoms with Gasteiger partial charge in [-0.05, 0) is 24.6 Å². The molecule has 0 aliphatic rings. The average Bonchev–Trinajstić information content (AvgIpc) is 2.09. The van der Waals surface area contributed by atoms with Crippen molar-refractivity contribution in [3.05, 3.63) is 29.1 Å². The second-order valence-electron chi connectivity index (χ2n) is 2.65. The van der Waals surface area contributed by atoms with Crippen molar-refractivity contribution >= 4 is 18.3 Å². The Morgan fingerprint density at radius 3 is 2.85 bits per heavy atom. The lowest BCUT2D eigenvalue weighted by Gasteiger charge is -2.01. The zero-order valence-corrected chi connectivity index (χ0v) is 8.16. The van der Waals surface area contributed by atoms with E-state index in [0.29, 0.717) is 17.0 Å². The van der Waals surface area contributed by atoms with Gasteiger partial charge in [-0.25, -0.2) is 4.39 Å². The topological polar surface area (TPSA) is 26.0 Å². The summed E-state index contributed by atoms with van der Waals surface area (Å²) in [5.41, 5.74) is 7.23. The summed E-state index contributed by atoms with van der Waals surface area (Å²) in [6.45, 7) is 1.76. The molecule has 0 aliphatic carbocycles. The first-order chi connectivity index (χ1) is 6.15. The minimum absolute atomic E-state index is 0.331. The molecule has 0 amide bonds. The molecule has 1 aromatic rings. The number of halogens is 1. The van der Waals surface area contributed by atoms with Crippen LogP contribution in [0.1, 0.15) is 11.1 Å². The lowest BCUT2D eigenvalue weighted by Crippen LogP contribution is -1.93. The quantitative estimate of drug-likeness (QED) is 0.369. The highest BCUT2D eigenvalue weighted by atomic mass is 32.1. The predicted octanol–water partition coefficient (Wildman–Crippen LogP) is 2.00. The molecule has 13 heavy (non-hydrogen) atoms. The molecule has 0 radical (unpaired) electrons. The third kappa shape index (κ3) is 2.40. The summed E-state index contributed by atoms with van der Waals surface area (Å²) in [7, 11) is 0. The fourth-order valence-corrected chi connectivity index (χ4v) is 0.999. The Morgan fingerprint density at radius 1 is 1.54 bits per heavy atom. The summed E-state index contributed by atoms with van der Waals surface area (Å²) in [4.78, 5) is 0. The van der Waals surface area contributed by atoms with Crippen LogP contribution in [0.15, 0.2) is 12.1 Å². The smallest absolute Gasteiger partial charge is 0.139 e. The second kappa shape index (κ2) is 4.20. The summed E-state index contributed by atoms with van der Waals surface area (Å²) in [6, 6.07) is 2.93. The maximum atomic E-state index is 13.2. The van der Waals surface area contributed by atoms with Gasteiger partial charge in [-0.1, -0.05) is 11.8 Å². The van der Waals surface area contributed by atoms with Gasteiger partial charge in [0.15, 0.2) is 0 Å². The van der Waals surface area contributed by atoms with Gasteiger partial charge in [0, 0.05) is 5.69 Å². The van der Waals surface area contributed by atoms with Gasteiger partial charge in [-0.3, -0.25) is 0 Å². The molecule has 0 saturated carbocycles. The predicted molar refractivity (Wildman–Crippen MR) is 56.3 cm³/mol. The fraction of sp³-hybridized carbons (Fsp3) is 0.200. The van der Waals surface area contributed by atoms with Gasteiger partial charge in [-0.15, -0.1) is 0 Å². The van der Waals surface area contributed by atoms with E-state index in [1.165, 1.54) is 6.07 Å². The largest absolute Gasteiger partial charge is 0.398 e. The van der Waals surface area contributed by atoms with E-state index in [4.69, 9.17) is 5.73 Å². The zero-order valence-electron chi connectivity index (χ0n) is 7.26. The Hall–Kier alpha value is -1.14. The Labute approximate surface area is 82.6 Å². The van der Waals surface area contributed by atoms with E-state index in [1.807, 2.05) is 0 Å². The van der Waals surface area contributed by atoms with E-state index in [1.54, 1.807) is 13.0 Å². The van der Waals surface area contributed by atoms with Gasteiger partial charge in [-0.2, -0.15) is 12.6 Å². The highest BCUT2D eigenvalue weighted by molar-refractivity contribution is 7.80. The van der Waals surface area contributed by atoms with Crippen LogP contribution in [0.2, 0.25) is 0 Å². The molecule has 3 heteroatoms. The summed E-state index contributed by atoms with van der Waals surface area (Å²) in [5, 5.41) is 0. The number of aryl methyl sites for hydroxylation is 1. The van der Waals surface area contributed by atoms with E-state index in [2.05, 4.69) is 24.5 Å². The number of rotatable bonds is 0. The first-order valence-electron chi connectivity index (χ1n) is 3.80. The molecule has 0 spiro atoms. The summed E-state index contributed by atoms with van der Waals surface area (Å²) < 4.78 is 13.2. The van der Waals surface area contributed by atoms with Crippen LogP contribution >= 0.6 is 12.6 Å². The van der Waals surface area contributed by atoms with Crippen molar-refractivity contribution in [3.63, 3.8) is 0 Å². The van der Waals surface area contributed by atoms with Crippen molar-refractivity contribution in [2.45, 2.75) is 6.92 Å². The van der Waals surface area contributed by atoms with Gasteiger partial charge in [0.05, 0.1) is 11.3 Å². The third-order valence-electron chi connectivity index (χ3n) is 1.66. The van der Waals surface area contributed by atoms with Crippen molar-refractivity contribution in [2.24, 2.45) is 0 Å². The van der Waals surface area contributed by atoms with Crippen LogP contribution in [0.3, 0.4) is 0 Å². The molecule has 0 heterocycles. The summed E-state index contributed by atoms with van der Waals surface area (Å²) >= 11 is 3.90. The van der Waals surface area contributed by atoms with Crippen LogP contribution < -0.4 is 5.73 Å². The van der Waals surface area contributed by atoms with E-state index < -0.39 is 0 Å². The van der Waals surface area contributed by atoms with Gasteiger partial charge in [0.25, 0.3) is 0 Å². The SMILES string of the molecule is Cc1cc(F)c(C#CCS)cc1N. The van der Waals surface area contributed by atoms with Crippen LogP contribution in [0, 0.1) is 24.6 Å². The number of hydrogen-bond acceptors (Lipinski definition) is 2. The molecule has 0 atom stereocenters. The number of thiol groups is 1. The lowest BCUT2D eigenvalue weighted by atomic mass is 10.1. The molecule has 1 nitrogen and oxygen atoms in total. The van der Waals surface area contributed by atoms with Crippen LogP contribution in [0.5, 0.6) is 0 Å². The summed E-state index contributed by atoms with van der Waals surface area (Å²) in [6.07, 6.45) is 0. The van der Waals surface area contributed by atoms with Crippen molar-refractivity contribution in [3.8, 4) is 11.8 Å². The Kier molecular flexibility index (Phi) is 3.21. The zero-order chi connectivity index (χ0) is 9.84. The van der Waals surface area contributed by atoms with E-state index in [9.17, 15) is 4.39 Å². The minimum atomic E-state index is -0.332. The molecule has 0 fully saturated rings. The van der Waals surface area contributed by atoms with Crippen LogP contribution in [-0.4, -0.2) is 5.75 Å². The molecular weight excluding hydrogens is 185 g/mol. The number of anilines is 1. The van der Waals surface area contributed by atoms with Gasteiger partial charge >= 0.3 is 0 Å². The second-order valence-corrected chi connectivity index (χ2v) is 2.96. The van der Waals surface area contributed by atoms with Crippen LogP contribution in [-0.2, 0) is 0 Å². The molecule has 0 bridgehead atoms. The van der Waals surface area contributed by atoms with Gasteiger partial charge in [0.2, 0.25) is 0 Å². The molecule has 0 unspecified atom stereocenters. The maximum absolute atomic E-state index is 13.2. The average molecular weight is 195 g/mol. The van der Waals surface area contributed by atoms with Crippen molar-refractivity contribution in [1.29, 1.82) is 0 Å². The first kappa shape index (κ1) is 9.94. The van der Waals surface area contributed by atoms with E-state index in [-0.39, 0.29) is 5.82 Å². The standard InChI is InChI=1S/C10H10FNS/c1-7-5-9(11)8(3-2-4-13)6-10(7)12/h5-6,13H,4,12H2,1H3. The Bertz CT molecular complexity index is 376. The first-order valence-corrected chi connectivity index (χ1v) is 4.43. The monoisotopic (exact) mass is 195 g/mol. The van der Waals surface area contributed by atoms with Gasteiger partial charge in [0.1, 0.15) is 5.82 Å². The molecule has 1 rings (SSSR count). The maximum Gasteiger partial charge on any atom is 0.139 e. The highest BCUT2D eigenvalue weighted by Gasteiger charge is 2.02. The molecule has 2 N–H and O–H groups in total. The van der Waals surface area contributed by atoms with Crippen LogP contribution in [0.25, 0.3) is 0 Å². The number of nitrogen functional groups attached to an aromatic ring is 1.